The summed E-state index contributed by atoms with van der Waals surface area (Å²) in [5.74, 6) is 0.517. The van der Waals surface area contributed by atoms with Gasteiger partial charge in [0.2, 0.25) is 5.88 Å². The second kappa shape index (κ2) is 7.70. The number of aromatic nitrogens is 2. The summed E-state index contributed by atoms with van der Waals surface area (Å²) in [4.78, 5) is 8.46. The summed E-state index contributed by atoms with van der Waals surface area (Å²) in [6.45, 7) is 2.00. The lowest BCUT2D eigenvalue weighted by molar-refractivity contribution is 0.287. The van der Waals surface area contributed by atoms with Crippen molar-refractivity contribution in [3.63, 3.8) is 0 Å². The molecule has 2 heterocycles. The number of hydrogen-bond acceptors (Lipinski definition) is 6. The Morgan fingerprint density at radius 3 is 2.92 bits per heavy atom. The number of halogens is 1. The molecule has 0 spiro atoms. The molecule has 2 aromatic rings. The number of hydrogen-bond donors (Lipinski definition) is 2. The minimum atomic E-state index is -0.467. The number of piperidine rings is 1. The average molecular weight is 327 g/mol. The topological polar surface area (TPSA) is 82.9 Å². The molecule has 1 aromatic heterocycles. The second-order valence-corrected chi connectivity index (χ2v) is 5.62. The molecule has 1 aliphatic rings. The van der Waals surface area contributed by atoms with Crippen LogP contribution in [0.25, 0.3) is 0 Å². The number of nitrogens with zero attached hydrogens (tertiary/aromatic N) is 3. The molecular formula is C17H18FN5O. The van der Waals surface area contributed by atoms with Crippen LogP contribution in [0.15, 0.2) is 30.6 Å². The highest BCUT2D eigenvalue weighted by atomic mass is 19.1. The van der Waals surface area contributed by atoms with E-state index in [9.17, 15) is 4.39 Å². The van der Waals surface area contributed by atoms with Gasteiger partial charge in [0.1, 0.15) is 18.2 Å². The van der Waals surface area contributed by atoms with E-state index < -0.39 is 5.82 Å². The number of nitrogens with one attached hydrogen (secondary N) is 2. The van der Waals surface area contributed by atoms with Crippen LogP contribution in [0.1, 0.15) is 24.0 Å². The van der Waals surface area contributed by atoms with Crippen LogP contribution < -0.4 is 15.4 Å². The summed E-state index contributed by atoms with van der Waals surface area (Å²) in [6.07, 6.45) is 5.21. The van der Waals surface area contributed by atoms with Crippen molar-refractivity contribution in [1.29, 1.82) is 5.26 Å². The normalized spacial score (nSPS) is 14.8. The first-order valence-corrected chi connectivity index (χ1v) is 7.85. The van der Waals surface area contributed by atoms with Gasteiger partial charge in [0, 0.05) is 11.6 Å². The summed E-state index contributed by atoms with van der Waals surface area (Å²) < 4.78 is 19.4. The molecule has 1 fully saturated rings. The van der Waals surface area contributed by atoms with Gasteiger partial charge in [-0.05, 0) is 38.1 Å². The van der Waals surface area contributed by atoms with Gasteiger partial charge in [-0.15, -0.1) is 0 Å². The fourth-order valence-corrected chi connectivity index (χ4v) is 2.55. The molecule has 0 unspecified atom stereocenters. The third-order valence-electron chi connectivity index (χ3n) is 3.86. The first kappa shape index (κ1) is 16.1. The minimum absolute atomic E-state index is 0.0308. The Bertz CT molecular complexity index is 740. The van der Waals surface area contributed by atoms with Crippen LogP contribution in [-0.4, -0.2) is 29.1 Å². The Labute approximate surface area is 139 Å². The molecule has 0 radical (unpaired) electrons. The van der Waals surface area contributed by atoms with Crippen LogP contribution in [-0.2, 0) is 6.61 Å². The zero-order valence-electron chi connectivity index (χ0n) is 13.1. The van der Waals surface area contributed by atoms with Gasteiger partial charge in [-0.3, -0.25) is 4.98 Å². The van der Waals surface area contributed by atoms with Crippen LogP contribution >= 0.6 is 0 Å². The van der Waals surface area contributed by atoms with Crippen molar-refractivity contribution < 1.29 is 9.13 Å². The van der Waals surface area contributed by atoms with Crippen molar-refractivity contribution in [2.45, 2.75) is 25.5 Å². The second-order valence-electron chi connectivity index (χ2n) is 5.62. The van der Waals surface area contributed by atoms with E-state index in [1.807, 2.05) is 6.07 Å². The van der Waals surface area contributed by atoms with Crippen LogP contribution in [0.2, 0.25) is 0 Å². The van der Waals surface area contributed by atoms with E-state index in [0.29, 0.717) is 23.3 Å². The number of rotatable bonds is 5. The molecule has 24 heavy (non-hydrogen) atoms. The first-order chi connectivity index (χ1) is 11.7. The Morgan fingerprint density at radius 2 is 2.17 bits per heavy atom. The highest BCUT2D eigenvalue weighted by Gasteiger charge is 2.13. The predicted molar refractivity (Wildman–Crippen MR) is 87.0 cm³/mol. The molecule has 0 aliphatic carbocycles. The summed E-state index contributed by atoms with van der Waals surface area (Å²) in [5, 5.41) is 15.4. The fourth-order valence-electron chi connectivity index (χ4n) is 2.55. The van der Waals surface area contributed by atoms with E-state index in [-0.39, 0.29) is 12.2 Å². The zero-order valence-corrected chi connectivity index (χ0v) is 13.1. The van der Waals surface area contributed by atoms with Gasteiger partial charge in [0.15, 0.2) is 0 Å². The van der Waals surface area contributed by atoms with E-state index >= 15 is 0 Å². The molecule has 2 N–H and O–H groups in total. The lowest BCUT2D eigenvalue weighted by Crippen LogP contribution is -2.35. The first-order valence-electron chi connectivity index (χ1n) is 7.85. The van der Waals surface area contributed by atoms with Crippen LogP contribution in [0.5, 0.6) is 5.88 Å². The zero-order chi connectivity index (χ0) is 16.8. The average Bonchev–Trinajstić information content (AvgIpc) is 2.62. The maximum absolute atomic E-state index is 13.8. The highest BCUT2D eigenvalue weighted by Crippen LogP contribution is 2.16. The van der Waals surface area contributed by atoms with Gasteiger partial charge in [-0.1, -0.05) is 6.07 Å². The molecule has 0 amide bonds. The van der Waals surface area contributed by atoms with E-state index in [4.69, 9.17) is 10.00 Å². The molecular weight excluding hydrogens is 309 g/mol. The Kier molecular flexibility index (Phi) is 5.18. The predicted octanol–water partition coefficient (Wildman–Crippen LogP) is 2.23. The smallest absolute Gasteiger partial charge is 0.234 e. The van der Waals surface area contributed by atoms with E-state index in [2.05, 4.69) is 20.6 Å². The van der Waals surface area contributed by atoms with Crippen molar-refractivity contribution in [2.24, 2.45) is 0 Å². The molecule has 3 rings (SSSR count). The van der Waals surface area contributed by atoms with Gasteiger partial charge >= 0.3 is 0 Å². The molecule has 124 valence electrons. The fraction of sp³-hybridized carbons (Fsp3) is 0.353. The molecule has 0 bridgehead atoms. The van der Waals surface area contributed by atoms with Gasteiger partial charge in [-0.2, -0.15) is 10.2 Å². The highest BCUT2D eigenvalue weighted by molar-refractivity contribution is 5.35. The van der Waals surface area contributed by atoms with Crippen molar-refractivity contribution in [2.75, 3.05) is 18.4 Å². The maximum Gasteiger partial charge on any atom is 0.234 e. The van der Waals surface area contributed by atoms with Crippen LogP contribution in [0.3, 0.4) is 0 Å². The van der Waals surface area contributed by atoms with Crippen molar-refractivity contribution in [3.05, 3.63) is 47.5 Å². The summed E-state index contributed by atoms with van der Waals surface area (Å²) >= 11 is 0. The summed E-state index contributed by atoms with van der Waals surface area (Å²) in [5.41, 5.74) is 0.650. The maximum atomic E-state index is 13.8. The Balaban J connectivity index is 1.61. The number of nitriles is 1. The molecule has 0 atom stereocenters. The number of ether oxygens (including phenoxy) is 1. The molecule has 0 saturated carbocycles. The van der Waals surface area contributed by atoms with Gasteiger partial charge in [0.25, 0.3) is 0 Å². The lowest BCUT2D eigenvalue weighted by Gasteiger charge is -2.24. The van der Waals surface area contributed by atoms with Crippen molar-refractivity contribution in [3.8, 4) is 11.9 Å². The van der Waals surface area contributed by atoms with E-state index in [0.717, 1.165) is 25.9 Å². The van der Waals surface area contributed by atoms with Crippen molar-refractivity contribution in [1.82, 2.24) is 15.3 Å². The number of anilines is 1. The largest absolute Gasteiger partial charge is 0.472 e. The molecule has 1 aromatic carbocycles. The van der Waals surface area contributed by atoms with Crippen LogP contribution in [0.4, 0.5) is 10.2 Å². The third kappa shape index (κ3) is 4.18. The third-order valence-corrected chi connectivity index (χ3v) is 3.86. The summed E-state index contributed by atoms with van der Waals surface area (Å²) in [6, 6.07) is 6.56. The quantitative estimate of drug-likeness (QED) is 0.876. The molecule has 7 heteroatoms. The molecule has 1 saturated heterocycles. The number of benzene rings is 1. The Hall–Kier alpha value is -2.72. The van der Waals surface area contributed by atoms with Gasteiger partial charge < -0.3 is 15.4 Å². The molecule has 1 aliphatic heterocycles. The lowest BCUT2D eigenvalue weighted by atomic mass is 10.1. The minimum Gasteiger partial charge on any atom is -0.472 e. The van der Waals surface area contributed by atoms with Gasteiger partial charge in [-0.25, -0.2) is 4.39 Å². The van der Waals surface area contributed by atoms with Crippen LogP contribution in [0, 0.1) is 17.1 Å². The van der Waals surface area contributed by atoms with E-state index in [1.54, 1.807) is 18.3 Å². The molecule has 6 nitrogen and oxygen atoms in total. The summed E-state index contributed by atoms with van der Waals surface area (Å²) in [7, 11) is 0. The Morgan fingerprint density at radius 1 is 1.33 bits per heavy atom. The standard InChI is InChI=1S/C17H18FN5O/c18-15-7-12(8-19)1-2-13(15)11-24-17-10-21-9-16(23-17)22-14-3-5-20-6-4-14/h1-2,7,9-10,14,20H,3-6,11H2,(H,22,23). The SMILES string of the molecule is N#Cc1ccc(COc2cncc(NC3CCNCC3)n2)c(F)c1. The van der Waals surface area contributed by atoms with Gasteiger partial charge in [0.05, 0.1) is 24.0 Å². The van der Waals surface area contributed by atoms with Crippen molar-refractivity contribution >= 4 is 5.82 Å². The van der Waals surface area contributed by atoms with E-state index in [1.165, 1.54) is 12.3 Å². The monoisotopic (exact) mass is 327 g/mol.